The molecule has 4 aliphatic carbocycles. The summed E-state index contributed by atoms with van der Waals surface area (Å²) in [5.74, 6) is 0.108. The van der Waals surface area contributed by atoms with Crippen LogP contribution in [0.15, 0.2) is 18.2 Å². The van der Waals surface area contributed by atoms with Crippen molar-refractivity contribution in [3.05, 3.63) is 34.1 Å². The monoisotopic (exact) mass is 405 g/mol. The molecule has 5 rings (SSSR count). The second-order valence-corrected chi connectivity index (χ2v) is 8.77. The highest BCUT2D eigenvalue weighted by atomic mass is 19.1. The Labute approximate surface area is 167 Å². The maximum atomic E-state index is 13.4. The molecule has 0 aromatic heterocycles. The van der Waals surface area contributed by atoms with Gasteiger partial charge in [-0.15, -0.1) is 0 Å². The van der Waals surface area contributed by atoms with Crippen molar-refractivity contribution in [2.75, 3.05) is 0 Å². The van der Waals surface area contributed by atoms with Crippen molar-refractivity contribution in [3.8, 4) is 5.75 Å². The second kappa shape index (κ2) is 7.27. The Bertz CT molecular complexity index is 823. The van der Waals surface area contributed by atoms with E-state index in [9.17, 15) is 24.1 Å². The van der Waals surface area contributed by atoms with E-state index in [0.29, 0.717) is 17.8 Å². The van der Waals surface area contributed by atoms with Crippen LogP contribution in [0.25, 0.3) is 0 Å². The van der Waals surface area contributed by atoms with E-state index in [-0.39, 0.29) is 11.3 Å². The number of carbonyl (C=O) groups excluding carboxylic acids is 2. The van der Waals surface area contributed by atoms with E-state index in [1.807, 2.05) is 0 Å². The van der Waals surface area contributed by atoms with Gasteiger partial charge in [0.1, 0.15) is 5.82 Å². The third-order valence-corrected chi connectivity index (χ3v) is 6.45. The average Bonchev–Trinajstić information content (AvgIpc) is 2.59. The first-order valence-electron chi connectivity index (χ1n) is 9.96. The number of amides is 3. The van der Waals surface area contributed by atoms with Crippen LogP contribution in [-0.2, 0) is 4.79 Å². The fourth-order valence-corrected chi connectivity index (χ4v) is 5.73. The summed E-state index contributed by atoms with van der Waals surface area (Å²) in [7, 11) is 0. The third-order valence-electron chi connectivity index (χ3n) is 6.45. The van der Waals surface area contributed by atoms with Crippen LogP contribution in [-0.4, -0.2) is 28.5 Å². The number of hydrogen-bond donors (Lipinski definition) is 2. The van der Waals surface area contributed by atoms with Gasteiger partial charge in [-0.1, -0.05) is 0 Å². The van der Waals surface area contributed by atoms with Crippen LogP contribution in [0.1, 0.15) is 45.4 Å². The highest BCUT2D eigenvalue weighted by molar-refractivity contribution is 5.96. The van der Waals surface area contributed by atoms with Crippen molar-refractivity contribution >= 4 is 17.6 Å². The van der Waals surface area contributed by atoms with Crippen molar-refractivity contribution in [1.82, 2.24) is 10.6 Å². The van der Waals surface area contributed by atoms with Crippen LogP contribution in [0, 0.1) is 33.7 Å². The lowest BCUT2D eigenvalue weighted by atomic mass is 9.53. The van der Waals surface area contributed by atoms with E-state index in [0.717, 1.165) is 37.5 Å². The quantitative estimate of drug-likeness (QED) is 0.577. The lowest BCUT2D eigenvalue weighted by Crippen LogP contribution is -2.62. The smallest absolute Gasteiger partial charge is 0.321 e. The van der Waals surface area contributed by atoms with E-state index in [2.05, 4.69) is 10.6 Å². The van der Waals surface area contributed by atoms with Crippen molar-refractivity contribution < 1.29 is 23.6 Å². The Kier molecular flexibility index (Phi) is 4.92. The zero-order valence-electron chi connectivity index (χ0n) is 16.2. The first-order chi connectivity index (χ1) is 13.7. The number of nitro benzene ring substituents is 1. The minimum absolute atomic E-state index is 0.245. The number of urea groups is 1. The van der Waals surface area contributed by atoms with Gasteiger partial charge >= 0.3 is 11.7 Å². The molecule has 1 atom stereocenters. The summed E-state index contributed by atoms with van der Waals surface area (Å²) in [6.45, 7) is 1.35. The minimum Gasteiger partial charge on any atom is -0.474 e. The van der Waals surface area contributed by atoms with Gasteiger partial charge in [-0.25, -0.2) is 9.18 Å². The number of imide groups is 1. The largest absolute Gasteiger partial charge is 0.474 e. The summed E-state index contributed by atoms with van der Waals surface area (Å²) >= 11 is 0. The van der Waals surface area contributed by atoms with E-state index < -0.39 is 34.5 Å². The molecule has 0 radical (unpaired) electrons. The molecule has 0 spiro atoms. The number of halogens is 1. The summed E-state index contributed by atoms with van der Waals surface area (Å²) < 4.78 is 18.7. The molecule has 4 fully saturated rings. The summed E-state index contributed by atoms with van der Waals surface area (Å²) in [6.07, 6.45) is 5.33. The van der Waals surface area contributed by atoms with Gasteiger partial charge < -0.3 is 10.1 Å². The Morgan fingerprint density at radius 1 is 1.21 bits per heavy atom. The molecule has 8 nitrogen and oxygen atoms in total. The predicted molar refractivity (Wildman–Crippen MR) is 101 cm³/mol. The first-order valence-corrected chi connectivity index (χ1v) is 9.96. The summed E-state index contributed by atoms with van der Waals surface area (Å²) in [6, 6.07) is 2.17. The first kappa shape index (κ1) is 19.6. The number of nitro groups is 1. The zero-order valence-corrected chi connectivity index (χ0v) is 16.2. The fourth-order valence-electron chi connectivity index (χ4n) is 5.73. The molecule has 156 valence electrons. The Morgan fingerprint density at radius 3 is 2.34 bits per heavy atom. The number of benzene rings is 1. The van der Waals surface area contributed by atoms with Gasteiger partial charge in [-0.2, -0.15) is 0 Å². The van der Waals surface area contributed by atoms with Gasteiger partial charge in [0, 0.05) is 17.7 Å². The molecule has 9 heteroatoms. The van der Waals surface area contributed by atoms with Gasteiger partial charge in [0.25, 0.3) is 5.91 Å². The molecule has 0 aliphatic heterocycles. The molecule has 1 aromatic carbocycles. The number of carbonyl (C=O) groups is 2. The van der Waals surface area contributed by atoms with Crippen LogP contribution in [0.4, 0.5) is 14.9 Å². The number of ether oxygens (including phenoxy) is 1. The Balaban J connectivity index is 1.36. The van der Waals surface area contributed by atoms with Crippen LogP contribution in [0.2, 0.25) is 0 Å². The molecular formula is C20H24FN3O5. The lowest BCUT2D eigenvalue weighted by molar-refractivity contribution is -0.386. The molecular weight excluding hydrogens is 381 g/mol. The van der Waals surface area contributed by atoms with Gasteiger partial charge in [0.15, 0.2) is 6.10 Å². The maximum Gasteiger partial charge on any atom is 0.321 e. The second-order valence-electron chi connectivity index (χ2n) is 8.77. The highest BCUT2D eigenvalue weighted by Gasteiger charge is 2.51. The third kappa shape index (κ3) is 4.04. The molecule has 0 heterocycles. The van der Waals surface area contributed by atoms with Crippen molar-refractivity contribution in [3.63, 3.8) is 0 Å². The Hall–Kier alpha value is -2.71. The van der Waals surface area contributed by atoms with Gasteiger partial charge in [-0.05, 0) is 69.3 Å². The normalized spacial score (nSPS) is 30.5. The average molecular weight is 405 g/mol. The summed E-state index contributed by atoms with van der Waals surface area (Å²) in [5.41, 5.74) is -0.700. The zero-order chi connectivity index (χ0) is 20.8. The molecule has 1 aromatic rings. The lowest BCUT2D eigenvalue weighted by Gasteiger charge is -2.56. The molecule has 29 heavy (non-hydrogen) atoms. The maximum absolute atomic E-state index is 13.4. The SMILES string of the molecule is CC(Oc1cc(F)ccc1[N+](=O)[O-])C(=O)NC(=O)NC12CC3CC(CC(C3)C1)C2. The van der Waals surface area contributed by atoms with Crippen LogP contribution in [0.3, 0.4) is 0 Å². The topological polar surface area (TPSA) is 111 Å². The minimum atomic E-state index is -1.21. The predicted octanol–water partition coefficient (Wildman–Crippen LogP) is 3.30. The Morgan fingerprint density at radius 2 is 1.79 bits per heavy atom. The summed E-state index contributed by atoms with van der Waals surface area (Å²) in [5, 5.41) is 16.3. The van der Waals surface area contributed by atoms with Crippen LogP contribution < -0.4 is 15.4 Å². The van der Waals surface area contributed by atoms with E-state index in [1.54, 1.807) is 0 Å². The molecule has 3 amide bonds. The molecule has 1 unspecified atom stereocenters. The molecule has 0 saturated heterocycles. The van der Waals surface area contributed by atoms with Gasteiger partial charge in [0.2, 0.25) is 5.75 Å². The number of nitrogens with zero attached hydrogens (tertiary/aromatic N) is 1. The molecule has 4 saturated carbocycles. The van der Waals surface area contributed by atoms with E-state index >= 15 is 0 Å². The van der Waals surface area contributed by atoms with Gasteiger partial charge in [0.05, 0.1) is 4.92 Å². The number of rotatable bonds is 5. The van der Waals surface area contributed by atoms with Crippen molar-refractivity contribution in [2.45, 2.75) is 57.1 Å². The van der Waals surface area contributed by atoms with Crippen LogP contribution in [0.5, 0.6) is 5.75 Å². The molecule has 4 aliphatic rings. The standard InChI is InChI=1S/C20H24FN3O5/c1-11(29-17-7-15(21)2-3-16(17)24(27)28)18(25)22-19(26)23-20-8-12-4-13(9-20)6-14(5-12)10-20/h2-3,7,11-14H,4-6,8-10H2,1H3,(H2,22,23,25,26). The van der Waals surface area contributed by atoms with Crippen molar-refractivity contribution in [1.29, 1.82) is 0 Å². The van der Waals surface area contributed by atoms with Crippen LogP contribution >= 0.6 is 0 Å². The van der Waals surface area contributed by atoms with E-state index in [4.69, 9.17) is 4.74 Å². The fraction of sp³-hybridized carbons (Fsp3) is 0.600. The van der Waals surface area contributed by atoms with E-state index in [1.165, 1.54) is 26.2 Å². The summed E-state index contributed by atoms with van der Waals surface area (Å²) in [4.78, 5) is 35.1. The molecule has 4 bridgehead atoms. The molecule has 2 N–H and O–H groups in total. The van der Waals surface area contributed by atoms with Gasteiger partial charge in [-0.3, -0.25) is 20.2 Å². The number of hydrogen-bond acceptors (Lipinski definition) is 5. The van der Waals surface area contributed by atoms with Crippen molar-refractivity contribution in [2.24, 2.45) is 17.8 Å². The highest BCUT2D eigenvalue weighted by Crippen LogP contribution is 2.55. The number of nitrogens with one attached hydrogen (secondary N) is 2.